The second-order valence-corrected chi connectivity index (χ2v) is 6.73. The van der Waals surface area contributed by atoms with Gasteiger partial charge in [0.2, 0.25) is 0 Å². The van der Waals surface area contributed by atoms with Crippen molar-refractivity contribution in [1.82, 2.24) is 5.32 Å². The molecule has 1 unspecified atom stereocenters. The summed E-state index contributed by atoms with van der Waals surface area (Å²) in [4.78, 5) is 12.3. The van der Waals surface area contributed by atoms with Gasteiger partial charge in [0.1, 0.15) is 5.54 Å². The summed E-state index contributed by atoms with van der Waals surface area (Å²) in [5, 5.41) is 3.56. The highest BCUT2D eigenvalue weighted by Gasteiger charge is 2.48. The molecule has 0 radical (unpaired) electrons. The molecule has 110 valence electrons. The maximum atomic E-state index is 12.3. The molecule has 0 saturated heterocycles. The third kappa shape index (κ3) is 2.96. The van der Waals surface area contributed by atoms with E-state index in [2.05, 4.69) is 19.2 Å². The largest absolute Gasteiger partial charge is 0.468 e. The minimum absolute atomic E-state index is 0.0550. The van der Waals surface area contributed by atoms with Gasteiger partial charge >= 0.3 is 5.97 Å². The van der Waals surface area contributed by atoms with Gasteiger partial charge in [0.25, 0.3) is 0 Å². The van der Waals surface area contributed by atoms with Gasteiger partial charge in [-0.2, -0.15) is 0 Å². The van der Waals surface area contributed by atoms with E-state index in [1.54, 1.807) is 0 Å². The molecule has 0 aromatic heterocycles. The summed E-state index contributed by atoms with van der Waals surface area (Å²) in [5.41, 5.74) is 0.132. The van der Waals surface area contributed by atoms with Gasteiger partial charge in [-0.1, -0.05) is 19.8 Å². The third-order valence-electron chi connectivity index (χ3n) is 5.54. The number of carbonyl (C=O) groups excluding carboxylic acids is 1. The first-order valence-corrected chi connectivity index (χ1v) is 7.92. The zero-order valence-electron chi connectivity index (χ0n) is 12.8. The van der Waals surface area contributed by atoms with E-state index >= 15 is 0 Å². The first kappa shape index (κ1) is 14.8. The van der Waals surface area contributed by atoms with Crippen LogP contribution >= 0.6 is 0 Å². The zero-order valence-corrected chi connectivity index (χ0v) is 12.8. The SMILES string of the molecule is CCC(C)NC1(C(=O)OC)CCC2(CCCC2)CC1. The molecule has 1 atom stereocenters. The summed E-state index contributed by atoms with van der Waals surface area (Å²) in [7, 11) is 1.52. The van der Waals surface area contributed by atoms with Crippen molar-refractivity contribution in [2.45, 2.75) is 83.2 Å². The molecule has 0 aliphatic heterocycles. The minimum atomic E-state index is -0.419. The van der Waals surface area contributed by atoms with Crippen LogP contribution in [0.25, 0.3) is 0 Å². The van der Waals surface area contributed by atoms with Crippen LogP contribution in [0.2, 0.25) is 0 Å². The second-order valence-electron chi connectivity index (χ2n) is 6.73. The summed E-state index contributed by atoms with van der Waals surface area (Å²) in [6.45, 7) is 4.31. The van der Waals surface area contributed by atoms with Gasteiger partial charge in [0, 0.05) is 6.04 Å². The number of esters is 1. The normalized spacial score (nSPS) is 26.3. The lowest BCUT2D eigenvalue weighted by Gasteiger charge is -2.44. The van der Waals surface area contributed by atoms with Crippen molar-refractivity contribution < 1.29 is 9.53 Å². The van der Waals surface area contributed by atoms with E-state index in [-0.39, 0.29) is 5.97 Å². The number of hydrogen-bond acceptors (Lipinski definition) is 3. The van der Waals surface area contributed by atoms with Gasteiger partial charge in [0.15, 0.2) is 0 Å². The number of ether oxygens (including phenoxy) is 1. The van der Waals surface area contributed by atoms with E-state index in [0.29, 0.717) is 11.5 Å². The number of rotatable bonds is 4. The summed E-state index contributed by atoms with van der Waals surface area (Å²) >= 11 is 0. The van der Waals surface area contributed by atoms with E-state index in [0.717, 1.165) is 19.3 Å². The molecular weight excluding hydrogens is 238 g/mol. The topological polar surface area (TPSA) is 38.3 Å². The Morgan fingerprint density at radius 1 is 1.16 bits per heavy atom. The monoisotopic (exact) mass is 267 g/mol. The van der Waals surface area contributed by atoms with Gasteiger partial charge in [-0.05, 0) is 57.3 Å². The number of nitrogens with one attached hydrogen (secondary N) is 1. The van der Waals surface area contributed by atoms with E-state index in [4.69, 9.17) is 4.74 Å². The first-order chi connectivity index (χ1) is 9.06. The molecule has 0 aromatic carbocycles. The average molecular weight is 267 g/mol. The van der Waals surface area contributed by atoms with Crippen molar-refractivity contribution in [1.29, 1.82) is 0 Å². The molecule has 2 fully saturated rings. The van der Waals surface area contributed by atoms with E-state index in [9.17, 15) is 4.79 Å². The van der Waals surface area contributed by atoms with Crippen LogP contribution in [-0.2, 0) is 9.53 Å². The Morgan fingerprint density at radius 2 is 1.74 bits per heavy atom. The summed E-state index contributed by atoms with van der Waals surface area (Å²) in [6, 6.07) is 0.372. The highest BCUT2D eigenvalue weighted by atomic mass is 16.5. The van der Waals surface area contributed by atoms with Crippen LogP contribution in [0.5, 0.6) is 0 Å². The lowest BCUT2D eigenvalue weighted by atomic mass is 9.66. The predicted molar refractivity (Wildman–Crippen MR) is 77.0 cm³/mol. The molecule has 2 rings (SSSR count). The van der Waals surface area contributed by atoms with Gasteiger partial charge in [-0.25, -0.2) is 0 Å². The molecule has 3 nitrogen and oxygen atoms in total. The molecule has 1 spiro atoms. The number of carbonyl (C=O) groups is 1. The number of hydrogen-bond donors (Lipinski definition) is 1. The molecule has 0 heterocycles. The maximum Gasteiger partial charge on any atom is 0.326 e. The molecule has 2 aliphatic carbocycles. The second kappa shape index (κ2) is 5.82. The Kier molecular flexibility index (Phi) is 4.54. The highest BCUT2D eigenvalue weighted by Crippen LogP contribution is 2.51. The smallest absolute Gasteiger partial charge is 0.326 e. The van der Waals surface area contributed by atoms with Crippen molar-refractivity contribution in [3.05, 3.63) is 0 Å². The molecule has 19 heavy (non-hydrogen) atoms. The van der Waals surface area contributed by atoms with Crippen molar-refractivity contribution in [3.63, 3.8) is 0 Å². The van der Waals surface area contributed by atoms with Crippen molar-refractivity contribution in [2.75, 3.05) is 7.11 Å². The molecule has 1 N–H and O–H groups in total. The third-order valence-corrected chi connectivity index (χ3v) is 5.54. The Bertz CT molecular complexity index is 311. The minimum Gasteiger partial charge on any atom is -0.468 e. The lowest BCUT2D eigenvalue weighted by Crippen LogP contribution is -2.58. The van der Waals surface area contributed by atoms with Crippen LogP contribution in [0.3, 0.4) is 0 Å². The van der Waals surface area contributed by atoms with Gasteiger partial charge < -0.3 is 4.74 Å². The van der Waals surface area contributed by atoms with Crippen molar-refractivity contribution in [2.24, 2.45) is 5.41 Å². The zero-order chi connectivity index (χ0) is 13.9. The predicted octanol–water partition coefficient (Wildman–Crippen LogP) is 3.42. The highest BCUT2D eigenvalue weighted by molar-refractivity contribution is 5.81. The summed E-state index contributed by atoms with van der Waals surface area (Å²) in [6.07, 6.45) is 10.8. The Hall–Kier alpha value is -0.570. The van der Waals surface area contributed by atoms with Gasteiger partial charge in [0.05, 0.1) is 7.11 Å². The molecular formula is C16H29NO2. The maximum absolute atomic E-state index is 12.3. The summed E-state index contributed by atoms with van der Waals surface area (Å²) in [5.74, 6) is -0.0550. The van der Waals surface area contributed by atoms with Crippen LogP contribution in [0.4, 0.5) is 0 Å². The van der Waals surface area contributed by atoms with Crippen molar-refractivity contribution in [3.8, 4) is 0 Å². The standard InChI is InChI=1S/C16H29NO2/c1-4-13(2)17-16(14(18)19-3)11-9-15(10-12-16)7-5-6-8-15/h13,17H,4-12H2,1-3H3. The van der Waals surface area contributed by atoms with E-state index in [1.165, 1.54) is 45.6 Å². The molecule has 0 amide bonds. The lowest BCUT2D eigenvalue weighted by molar-refractivity contribution is -0.152. The summed E-state index contributed by atoms with van der Waals surface area (Å²) < 4.78 is 5.09. The average Bonchev–Trinajstić information content (AvgIpc) is 2.89. The molecule has 0 aromatic rings. The fourth-order valence-corrected chi connectivity index (χ4v) is 4.01. The first-order valence-electron chi connectivity index (χ1n) is 7.92. The van der Waals surface area contributed by atoms with Crippen LogP contribution in [0.15, 0.2) is 0 Å². The van der Waals surface area contributed by atoms with Crippen LogP contribution in [0.1, 0.15) is 71.6 Å². The molecule has 2 saturated carbocycles. The Morgan fingerprint density at radius 3 is 2.21 bits per heavy atom. The van der Waals surface area contributed by atoms with Crippen LogP contribution in [-0.4, -0.2) is 24.7 Å². The van der Waals surface area contributed by atoms with Gasteiger partial charge in [-0.15, -0.1) is 0 Å². The van der Waals surface area contributed by atoms with E-state index in [1.807, 2.05) is 0 Å². The molecule has 0 bridgehead atoms. The quantitative estimate of drug-likeness (QED) is 0.793. The Balaban J connectivity index is 2.06. The molecule has 3 heteroatoms. The molecule has 2 aliphatic rings. The van der Waals surface area contributed by atoms with Gasteiger partial charge in [-0.3, -0.25) is 10.1 Å². The van der Waals surface area contributed by atoms with Crippen LogP contribution in [0, 0.1) is 5.41 Å². The fourth-order valence-electron chi connectivity index (χ4n) is 4.01. The van der Waals surface area contributed by atoms with Crippen LogP contribution < -0.4 is 5.32 Å². The fraction of sp³-hybridized carbons (Fsp3) is 0.938. The van der Waals surface area contributed by atoms with Crippen molar-refractivity contribution >= 4 is 5.97 Å². The Labute approximate surface area is 117 Å². The van der Waals surface area contributed by atoms with E-state index < -0.39 is 5.54 Å². The number of methoxy groups -OCH3 is 1.